The van der Waals surface area contributed by atoms with Gasteiger partial charge in [-0.1, -0.05) is 64.7 Å². The van der Waals surface area contributed by atoms with E-state index in [1.54, 1.807) is 0 Å². The third kappa shape index (κ3) is 24.5. The summed E-state index contributed by atoms with van der Waals surface area (Å²) in [7, 11) is -4.24. The van der Waals surface area contributed by atoms with Crippen molar-refractivity contribution in [2.75, 3.05) is 6.61 Å². The van der Waals surface area contributed by atoms with Crippen molar-refractivity contribution in [2.45, 2.75) is 71.1 Å². The number of unbranched alkanes of at least 4 members (excludes halogenated alkanes) is 9. The van der Waals surface area contributed by atoms with E-state index in [0.29, 0.717) is 0 Å². The predicted octanol–water partition coefficient (Wildman–Crippen LogP) is 2.54. The minimum absolute atomic E-state index is 0. The maximum atomic E-state index is 10.4. The third-order valence-electron chi connectivity index (χ3n) is 2.76. The molecule has 0 amide bonds. The Balaban J connectivity index is -0.00000128. The first-order valence-corrected chi connectivity index (χ1v) is 8.29. The first kappa shape index (κ1) is 25.0. The molecule has 5 nitrogen and oxygen atoms in total. The van der Waals surface area contributed by atoms with Crippen molar-refractivity contribution in [3.05, 3.63) is 0 Å². The zero-order valence-electron chi connectivity index (χ0n) is 11.4. The van der Waals surface area contributed by atoms with Crippen LogP contribution in [0, 0.1) is 0 Å². The van der Waals surface area contributed by atoms with E-state index in [4.69, 9.17) is 9.79 Å². The molecule has 0 fully saturated rings. The van der Waals surface area contributed by atoms with Crippen LogP contribution in [-0.2, 0) is 9.09 Å². The van der Waals surface area contributed by atoms with Crippen LogP contribution in [0.15, 0.2) is 0 Å². The Kier molecular flexibility index (Phi) is 22.6. The molecule has 0 aromatic rings. The van der Waals surface area contributed by atoms with Crippen LogP contribution in [0.25, 0.3) is 0 Å². The molecule has 0 aliphatic carbocycles. The molecular formula is C12H30NaO5P. The fraction of sp³-hybridized carbons (Fsp3) is 1.00. The standard InChI is InChI=1S/C12H27O4P.Na.H2O.H/c1-2-3-4-5-6-7-8-9-10-11-12-16-17(13,14)15;;;/h2-12H2,1H3,(H2,13,14,15);;1H2;. The summed E-state index contributed by atoms with van der Waals surface area (Å²) in [4.78, 5) is 16.9. The molecule has 0 radical (unpaired) electrons. The number of phosphoric ester groups is 1. The van der Waals surface area contributed by atoms with Gasteiger partial charge in [-0.2, -0.15) is 0 Å². The van der Waals surface area contributed by atoms with Gasteiger partial charge in [-0.15, -0.1) is 0 Å². The number of phosphoric acid groups is 1. The number of rotatable bonds is 12. The number of hydrogen-bond acceptors (Lipinski definition) is 2. The fourth-order valence-electron chi connectivity index (χ4n) is 1.77. The van der Waals surface area contributed by atoms with Crippen LogP contribution < -0.4 is 0 Å². The van der Waals surface area contributed by atoms with E-state index in [2.05, 4.69) is 11.4 Å². The zero-order chi connectivity index (χ0) is 13.0. The van der Waals surface area contributed by atoms with Crippen molar-refractivity contribution in [3.8, 4) is 0 Å². The van der Waals surface area contributed by atoms with E-state index >= 15 is 0 Å². The molecule has 114 valence electrons. The molecule has 7 heteroatoms. The average Bonchev–Trinajstić information content (AvgIpc) is 2.24. The topological polar surface area (TPSA) is 98.3 Å². The SMILES string of the molecule is CCCCCCCCCCCCOP(=O)(O)O.O.[NaH]. The van der Waals surface area contributed by atoms with Crippen molar-refractivity contribution in [3.63, 3.8) is 0 Å². The Morgan fingerprint density at radius 3 is 1.58 bits per heavy atom. The van der Waals surface area contributed by atoms with Crippen LogP contribution in [0.5, 0.6) is 0 Å². The van der Waals surface area contributed by atoms with E-state index < -0.39 is 7.82 Å². The molecule has 19 heavy (non-hydrogen) atoms. The Labute approximate surface area is 139 Å². The van der Waals surface area contributed by atoms with Gasteiger partial charge in [0.15, 0.2) is 0 Å². The summed E-state index contributed by atoms with van der Waals surface area (Å²) in [6.07, 6.45) is 12.0. The molecule has 0 heterocycles. The van der Waals surface area contributed by atoms with Gasteiger partial charge in [0.25, 0.3) is 0 Å². The van der Waals surface area contributed by atoms with Gasteiger partial charge in [-0.3, -0.25) is 4.52 Å². The van der Waals surface area contributed by atoms with Crippen molar-refractivity contribution in [1.82, 2.24) is 0 Å². The van der Waals surface area contributed by atoms with Gasteiger partial charge in [-0.25, -0.2) is 4.57 Å². The van der Waals surface area contributed by atoms with E-state index in [9.17, 15) is 4.57 Å². The Hall–Kier alpha value is 1.07. The Morgan fingerprint density at radius 2 is 1.21 bits per heavy atom. The zero-order valence-corrected chi connectivity index (χ0v) is 12.3. The van der Waals surface area contributed by atoms with Crippen LogP contribution >= 0.6 is 7.82 Å². The summed E-state index contributed by atoms with van der Waals surface area (Å²) < 4.78 is 14.7. The first-order valence-electron chi connectivity index (χ1n) is 6.76. The molecular weight excluding hydrogens is 278 g/mol. The van der Waals surface area contributed by atoms with E-state index in [1.165, 1.54) is 44.9 Å². The monoisotopic (exact) mass is 308 g/mol. The fourth-order valence-corrected chi connectivity index (χ4v) is 2.14. The summed E-state index contributed by atoms with van der Waals surface area (Å²) in [5.74, 6) is 0. The second kappa shape index (κ2) is 17.1. The second-order valence-electron chi connectivity index (χ2n) is 4.51. The van der Waals surface area contributed by atoms with Crippen molar-refractivity contribution < 1.29 is 24.4 Å². The molecule has 0 spiro atoms. The van der Waals surface area contributed by atoms with Crippen LogP contribution in [0.2, 0.25) is 0 Å². The van der Waals surface area contributed by atoms with Crippen LogP contribution in [0.1, 0.15) is 71.1 Å². The van der Waals surface area contributed by atoms with E-state index in [-0.39, 0.29) is 41.6 Å². The normalized spacial score (nSPS) is 10.7. The van der Waals surface area contributed by atoms with Gasteiger partial charge < -0.3 is 15.3 Å². The van der Waals surface area contributed by atoms with Crippen LogP contribution in [0.3, 0.4) is 0 Å². The minimum atomic E-state index is -4.24. The molecule has 0 aliphatic rings. The van der Waals surface area contributed by atoms with Gasteiger partial charge in [0, 0.05) is 0 Å². The van der Waals surface area contributed by atoms with Crippen LogP contribution in [0.4, 0.5) is 0 Å². The Bertz CT molecular complexity index is 210. The molecule has 4 N–H and O–H groups in total. The molecule has 0 unspecified atom stereocenters. The van der Waals surface area contributed by atoms with Gasteiger partial charge in [0.1, 0.15) is 0 Å². The quantitative estimate of drug-likeness (QED) is 0.329. The molecule has 0 aromatic heterocycles. The van der Waals surface area contributed by atoms with Crippen molar-refractivity contribution in [1.29, 1.82) is 0 Å². The summed E-state index contributed by atoms with van der Waals surface area (Å²) in [5.41, 5.74) is 0. The summed E-state index contributed by atoms with van der Waals surface area (Å²) >= 11 is 0. The molecule has 0 saturated carbocycles. The summed E-state index contributed by atoms with van der Waals surface area (Å²) in [6, 6.07) is 0. The first-order chi connectivity index (χ1) is 8.06. The predicted molar refractivity (Wildman–Crippen MR) is 80.6 cm³/mol. The summed E-state index contributed by atoms with van der Waals surface area (Å²) in [5, 5.41) is 0. The molecule has 0 atom stereocenters. The van der Waals surface area contributed by atoms with Crippen molar-refractivity contribution in [2.24, 2.45) is 0 Å². The van der Waals surface area contributed by atoms with Crippen LogP contribution in [-0.4, -0.2) is 51.4 Å². The summed E-state index contributed by atoms with van der Waals surface area (Å²) in [6.45, 7) is 2.39. The van der Waals surface area contributed by atoms with Crippen molar-refractivity contribution >= 4 is 37.4 Å². The second-order valence-corrected chi connectivity index (χ2v) is 5.75. The van der Waals surface area contributed by atoms with E-state index in [1.807, 2.05) is 0 Å². The molecule has 0 aliphatic heterocycles. The van der Waals surface area contributed by atoms with E-state index in [0.717, 1.165) is 19.3 Å². The molecule has 0 aromatic carbocycles. The van der Waals surface area contributed by atoms with Gasteiger partial charge in [0.05, 0.1) is 6.61 Å². The molecule has 0 saturated heterocycles. The third-order valence-corrected chi connectivity index (χ3v) is 3.28. The maximum absolute atomic E-state index is 10.4. The van der Waals surface area contributed by atoms with Gasteiger partial charge in [0.2, 0.25) is 0 Å². The average molecular weight is 308 g/mol. The molecule has 0 bridgehead atoms. The van der Waals surface area contributed by atoms with Gasteiger partial charge >= 0.3 is 37.4 Å². The molecule has 0 rings (SSSR count). The van der Waals surface area contributed by atoms with Gasteiger partial charge in [-0.05, 0) is 6.42 Å². The Morgan fingerprint density at radius 1 is 0.842 bits per heavy atom. The number of hydrogen-bond donors (Lipinski definition) is 2.